The van der Waals surface area contributed by atoms with Gasteiger partial charge in [0, 0.05) is 13.0 Å². The Kier molecular flexibility index (Phi) is 54.5. The highest BCUT2D eigenvalue weighted by molar-refractivity contribution is 5.69. The molecule has 0 aromatic rings. The van der Waals surface area contributed by atoms with Gasteiger partial charge in [-0.15, -0.1) is 0 Å². The van der Waals surface area contributed by atoms with Gasteiger partial charge in [-0.05, 0) is 38.5 Å². The minimum atomic E-state index is -0.530. The third kappa shape index (κ3) is 53.4. The monoisotopic (exact) mass is 861 g/mol. The Hall–Kier alpha value is -0.870. The molecule has 0 heterocycles. The molecular weight excluding hydrogens is 749 g/mol. The Morgan fingerprint density at radius 2 is 0.639 bits per heavy atom. The summed E-state index contributed by atoms with van der Waals surface area (Å²) in [6.45, 7) is 5.42. The van der Waals surface area contributed by atoms with Crippen molar-refractivity contribution in [2.24, 2.45) is 0 Å². The summed E-state index contributed by atoms with van der Waals surface area (Å²) >= 11 is 0. The van der Waals surface area contributed by atoms with Crippen molar-refractivity contribution in [3.63, 3.8) is 0 Å². The normalized spacial score (nSPS) is 12.2. The van der Waals surface area contributed by atoms with E-state index in [4.69, 9.17) is 9.47 Å². The highest BCUT2D eigenvalue weighted by Crippen LogP contribution is 2.17. The van der Waals surface area contributed by atoms with E-state index in [2.05, 4.69) is 26.0 Å². The zero-order chi connectivity index (χ0) is 44.0. The smallest absolute Gasteiger partial charge is 0.306 e. The predicted molar refractivity (Wildman–Crippen MR) is 270 cm³/mol. The van der Waals surface area contributed by atoms with Crippen LogP contribution in [0.3, 0.4) is 0 Å². The fourth-order valence-corrected chi connectivity index (χ4v) is 8.86. The average Bonchev–Trinajstić information content (AvgIpc) is 3.27. The van der Waals surface area contributed by atoms with E-state index in [-0.39, 0.29) is 12.6 Å². The van der Waals surface area contributed by atoms with Crippen LogP contribution in [0.2, 0.25) is 0 Å². The van der Waals surface area contributed by atoms with Crippen LogP contribution in [-0.4, -0.2) is 37.0 Å². The molecule has 61 heavy (non-hydrogen) atoms. The van der Waals surface area contributed by atoms with Crippen LogP contribution in [0.5, 0.6) is 0 Å². The van der Waals surface area contributed by atoms with Gasteiger partial charge in [-0.25, -0.2) is 0 Å². The largest absolute Gasteiger partial charge is 0.457 e. The predicted octanol–water partition coefficient (Wildman–Crippen LogP) is 19.2. The van der Waals surface area contributed by atoms with Crippen molar-refractivity contribution in [2.45, 2.75) is 328 Å². The number of hydrogen-bond donors (Lipinski definition) is 1. The highest BCUT2D eigenvalue weighted by Gasteiger charge is 2.13. The van der Waals surface area contributed by atoms with Gasteiger partial charge in [0.1, 0.15) is 6.10 Å². The van der Waals surface area contributed by atoms with E-state index in [0.29, 0.717) is 19.6 Å². The molecule has 0 fully saturated rings. The molecule has 0 aromatic heterocycles. The number of carbonyl (C=O) groups excluding carboxylic acids is 1. The molecule has 1 atom stereocenters. The van der Waals surface area contributed by atoms with Crippen LogP contribution in [0, 0.1) is 0 Å². The zero-order valence-corrected chi connectivity index (χ0v) is 42.0. The molecule has 4 heteroatoms. The summed E-state index contributed by atoms with van der Waals surface area (Å²) in [6, 6.07) is 0. The number of aliphatic hydroxyl groups excluding tert-OH is 1. The second-order valence-electron chi connectivity index (χ2n) is 19.4. The van der Waals surface area contributed by atoms with Crippen molar-refractivity contribution in [1.29, 1.82) is 0 Å². The molecule has 0 radical (unpaired) electrons. The van der Waals surface area contributed by atoms with Gasteiger partial charge in [0.25, 0.3) is 0 Å². The van der Waals surface area contributed by atoms with E-state index in [1.54, 1.807) is 0 Å². The number of aliphatic hydroxyl groups is 1. The van der Waals surface area contributed by atoms with Crippen LogP contribution in [0.15, 0.2) is 12.2 Å². The zero-order valence-electron chi connectivity index (χ0n) is 42.0. The molecule has 0 aliphatic rings. The SMILES string of the molecule is CCCCCCCCCC/C=C\CCCCCCCCCCCCCC(=O)OC(CO)COCCCCCCCCCCCCCCCCCCCCCCCCCCCC. The van der Waals surface area contributed by atoms with Gasteiger partial charge in [-0.1, -0.05) is 289 Å². The van der Waals surface area contributed by atoms with Gasteiger partial charge < -0.3 is 14.6 Å². The number of esters is 1. The molecule has 0 rings (SSSR count). The first kappa shape index (κ1) is 60.1. The molecule has 1 N–H and O–H groups in total. The minimum absolute atomic E-state index is 0.165. The van der Waals surface area contributed by atoms with Crippen molar-refractivity contribution < 1.29 is 19.4 Å². The molecule has 0 amide bonds. The fourth-order valence-electron chi connectivity index (χ4n) is 8.86. The van der Waals surface area contributed by atoms with Crippen molar-refractivity contribution in [3.05, 3.63) is 12.2 Å². The molecule has 0 saturated carbocycles. The molecule has 0 aliphatic carbocycles. The van der Waals surface area contributed by atoms with Crippen molar-refractivity contribution in [3.8, 4) is 0 Å². The lowest BCUT2D eigenvalue weighted by Crippen LogP contribution is -2.27. The lowest BCUT2D eigenvalue weighted by Gasteiger charge is -2.16. The summed E-state index contributed by atoms with van der Waals surface area (Å²) in [4.78, 5) is 12.3. The summed E-state index contributed by atoms with van der Waals surface area (Å²) in [6.07, 6.45) is 69.1. The quantitative estimate of drug-likeness (QED) is 0.0376. The van der Waals surface area contributed by atoms with Gasteiger partial charge in [0.2, 0.25) is 0 Å². The number of allylic oxidation sites excluding steroid dienone is 2. The fraction of sp³-hybridized carbons (Fsp3) is 0.947. The second kappa shape index (κ2) is 55.3. The Morgan fingerprint density at radius 3 is 0.934 bits per heavy atom. The maximum Gasteiger partial charge on any atom is 0.306 e. The van der Waals surface area contributed by atoms with Gasteiger partial charge in [-0.2, -0.15) is 0 Å². The summed E-state index contributed by atoms with van der Waals surface area (Å²) < 4.78 is 11.2. The lowest BCUT2D eigenvalue weighted by atomic mass is 10.0. The Balaban J connectivity index is 3.33. The standard InChI is InChI=1S/C57H112O4/c1-3-5-7-9-11-13-15-17-19-21-23-25-27-28-29-31-33-35-37-39-41-43-45-47-49-51-53-60-55-56(54-58)61-57(59)52-50-48-46-44-42-40-38-36-34-32-30-26-24-22-20-18-16-14-12-10-8-6-4-2/h22,24,56,58H,3-21,23,25-55H2,1-2H3/b24-22-. The van der Waals surface area contributed by atoms with E-state index in [9.17, 15) is 9.90 Å². The number of carbonyl (C=O) groups is 1. The maximum absolute atomic E-state index is 12.3. The van der Waals surface area contributed by atoms with E-state index in [0.717, 1.165) is 19.3 Å². The molecule has 1 unspecified atom stereocenters. The summed E-state index contributed by atoms with van der Waals surface area (Å²) in [5, 5.41) is 9.67. The molecular formula is C57H112O4. The first-order chi connectivity index (χ1) is 30.2. The van der Waals surface area contributed by atoms with Crippen LogP contribution in [-0.2, 0) is 14.3 Å². The van der Waals surface area contributed by atoms with Gasteiger partial charge in [-0.3, -0.25) is 4.79 Å². The van der Waals surface area contributed by atoms with Crippen LogP contribution in [0.1, 0.15) is 322 Å². The Morgan fingerprint density at radius 1 is 0.377 bits per heavy atom. The number of hydrogen-bond acceptors (Lipinski definition) is 4. The molecule has 0 saturated heterocycles. The van der Waals surface area contributed by atoms with E-state index in [1.807, 2.05) is 0 Å². The summed E-state index contributed by atoms with van der Waals surface area (Å²) in [7, 11) is 0. The van der Waals surface area contributed by atoms with E-state index >= 15 is 0 Å². The van der Waals surface area contributed by atoms with Gasteiger partial charge in [0.05, 0.1) is 13.2 Å². The third-order valence-corrected chi connectivity index (χ3v) is 13.1. The highest BCUT2D eigenvalue weighted by atomic mass is 16.6. The molecule has 0 aromatic carbocycles. The Labute approximate surface area is 384 Å². The number of rotatable bonds is 54. The van der Waals surface area contributed by atoms with E-state index < -0.39 is 6.10 Å². The average molecular weight is 862 g/mol. The van der Waals surface area contributed by atoms with Crippen molar-refractivity contribution in [1.82, 2.24) is 0 Å². The van der Waals surface area contributed by atoms with Crippen molar-refractivity contribution >= 4 is 5.97 Å². The van der Waals surface area contributed by atoms with Crippen molar-refractivity contribution in [2.75, 3.05) is 19.8 Å². The second-order valence-corrected chi connectivity index (χ2v) is 19.4. The number of ether oxygens (including phenoxy) is 2. The van der Waals surface area contributed by atoms with Crippen LogP contribution >= 0.6 is 0 Å². The molecule has 364 valence electrons. The third-order valence-electron chi connectivity index (χ3n) is 13.1. The number of unbranched alkanes of at least 4 members (excludes halogenated alkanes) is 44. The maximum atomic E-state index is 12.3. The van der Waals surface area contributed by atoms with Gasteiger partial charge in [0.15, 0.2) is 0 Å². The minimum Gasteiger partial charge on any atom is -0.457 e. The topological polar surface area (TPSA) is 55.8 Å². The van der Waals surface area contributed by atoms with Gasteiger partial charge >= 0.3 is 5.97 Å². The lowest BCUT2D eigenvalue weighted by molar-refractivity contribution is -0.154. The van der Waals surface area contributed by atoms with E-state index in [1.165, 1.54) is 283 Å². The van der Waals surface area contributed by atoms with Crippen LogP contribution in [0.4, 0.5) is 0 Å². The molecule has 0 aliphatic heterocycles. The summed E-state index contributed by atoms with van der Waals surface area (Å²) in [5.41, 5.74) is 0. The molecule has 0 bridgehead atoms. The first-order valence-corrected chi connectivity index (χ1v) is 28.3. The van der Waals surface area contributed by atoms with Crippen LogP contribution in [0.25, 0.3) is 0 Å². The Bertz CT molecular complexity index is 826. The molecule has 4 nitrogen and oxygen atoms in total. The first-order valence-electron chi connectivity index (χ1n) is 28.3. The summed E-state index contributed by atoms with van der Waals surface area (Å²) in [5.74, 6) is -0.193. The molecule has 0 spiro atoms. The van der Waals surface area contributed by atoms with Crippen LogP contribution < -0.4 is 0 Å².